The molecule has 0 saturated heterocycles. The van der Waals surface area contributed by atoms with Gasteiger partial charge in [-0.2, -0.15) is 0 Å². The maximum atomic E-state index is 12.3. The second-order valence-corrected chi connectivity index (χ2v) is 6.68. The second-order valence-electron chi connectivity index (χ2n) is 4.98. The van der Waals surface area contributed by atoms with Crippen molar-refractivity contribution < 1.29 is 27.8 Å². The minimum Gasteiger partial charge on any atom is -0.478 e. The van der Waals surface area contributed by atoms with Gasteiger partial charge in [0.15, 0.2) is 0 Å². The van der Waals surface area contributed by atoms with Crippen LogP contribution in [0.5, 0.6) is 0 Å². The minimum absolute atomic E-state index is 0.00827. The molecule has 0 atom stereocenters. The number of sulfonamides is 1. The molecule has 0 fully saturated rings. The van der Waals surface area contributed by atoms with Gasteiger partial charge < -0.3 is 14.6 Å². The Morgan fingerprint density at radius 2 is 1.76 bits per heavy atom. The zero-order chi connectivity index (χ0) is 16.4. The van der Waals surface area contributed by atoms with Crippen molar-refractivity contribution in [1.82, 2.24) is 4.72 Å². The third kappa shape index (κ3) is 3.63. The number of carboxylic acids is 1. The first-order chi connectivity index (χ1) is 9.58. The molecule has 1 rings (SSSR count). The van der Waals surface area contributed by atoms with E-state index in [0.29, 0.717) is 12.8 Å². The SMILES string of the molecule is CCC(O)(CC)CNS(=O)(=O)c1c(C)oc(C)c1C(=O)O. The fraction of sp³-hybridized carbons (Fsp3) is 0.615. The van der Waals surface area contributed by atoms with Gasteiger partial charge in [-0.05, 0) is 26.7 Å². The van der Waals surface area contributed by atoms with E-state index in [9.17, 15) is 18.3 Å². The summed E-state index contributed by atoms with van der Waals surface area (Å²) < 4.78 is 32.0. The first-order valence-corrected chi connectivity index (χ1v) is 8.11. The summed E-state index contributed by atoms with van der Waals surface area (Å²) in [6.07, 6.45) is 0.752. The maximum absolute atomic E-state index is 12.3. The van der Waals surface area contributed by atoms with Crippen LogP contribution >= 0.6 is 0 Å². The summed E-state index contributed by atoms with van der Waals surface area (Å²) in [7, 11) is -4.08. The lowest BCUT2D eigenvalue weighted by Gasteiger charge is -2.25. The van der Waals surface area contributed by atoms with Gasteiger partial charge in [-0.1, -0.05) is 13.8 Å². The summed E-state index contributed by atoms with van der Waals surface area (Å²) in [5.41, 5.74) is -1.54. The van der Waals surface area contributed by atoms with Crippen LogP contribution in [0.4, 0.5) is 0 Å². The van der Waals surface area contributed by atoms with E-state index in [2.05, 4.69) is 4.72 Å². The number of hydrogen-bond donors (Lipinski definition) is 3. The fourth-order valence-electron chi connectivity index (χ4n) is 2.04. The number of carbonyl (C=O) groups is 1. The van der Waals surface area contributed by atoms with Crippen LogP contribution in [0.2, 0.25) is 0 Å². The highest BCUT2D eigenvalue weighted by Crippen LogP contribution is 2.27. The molecule has 3 N–H and O–H groups in total. The Balaban J connectivity index is 3.18. The predicted octanol–water partition coefficient (Wildman–Crippen LogP) is 1.42. The van der Waals surface area contributed by atoms with Crippen LogP contribution in [0, 0.1) is 13.8 Å². The average Bonchev–Trinajstić information content (AvgIpc) is 2.71. The van der Waals surface area contributed by atoms with Crippen molar-refractivity contribution in [2.45, 2.75) is 51.0 Å². The molecular formula is C13H21NO6S. The Bertz CT molecular complexity index is 627. The largest absolute Gasteiger partial charge is 0.478 e. The van der Waals surface area contributed by atoms with Gasteiger partial charge in [-0.3, -0.25) is 0 Å². The number of aromatic carboxylic acids is 1. The van der Waals surface area contributed by atoms with Crippen LogP contribution in [0.25, 0.3) is 0 Å². The maximum Gasteiger partial charge on any atom is 0.340 e. The summed E-state index contributed by atoms with van der Waals surface area (Å²) in [5.74, 6) is -1.33. The number of hydrogen-bond acceptors (Lipinski definition) is 5. The molecule has 0 amide bonds. The molecule has 0 aliphatic rings. The average molecular weight is 319 g/mol. The van der Waals surface area contributed by atoms with E-state index in [1.165, 1.54) is 13.8 Å². The van der Waals surface area contributed by atoms with Gasteiger partial charge in [-0.15, -0.1) is 0 Å². The lowest BCUT2D eigenvalue weighted by atomic mass is 9.98. The number of rotatable bonds is 7. The van der Waals surface area contributed by atoms with E-state index < -0.39 is 21.6 Å². The third-order valence-corrected chi connectivity index (χ3v) is 5.15. The first kappa shape index (κ1) is 17.7. The smallest absolute Gasteiger partial charge is 0.340 e. The van der Waals surface area contributed by atoms with Crippen LogP contribution < -0.4 is 4.72 Å². The third-order valence-electron chi connectivity index (χ3n) is 3.60. The first-order valence-electron chi connectivity index (χ1n) is 6.63. The molecule has 1 heterocycles. The highest BCUT2D eigenvalue weighted by atomic mass is 32.2. The Morgan fingerprint density at radius 1 is 1.24 bits per heavy atom. The van der Waals surface area contributed by atoms with Crippen LogP contribution in [0.1, 0.15) is 48.6 Å². The molecule has 0 bridgehead atoms. The molecule has 0 aromatic carbocycles. The quantitative estimate of drug-likeness (QED) is 0.700. The summed E-state index contributed by atoms with van der Waals surface area (Å²) in [4.78, 5) is 10.8. The monoisotopic (exact) mass is 319 g/mol. The Labute approximate surface area is 124 Å². The number of nitrogens with one attached hydrogen (secondary N) is 1. The van der Waals surface area contributed by atoms with E-state index in [4.69, 9.17) is 9.52 Å². The Kier molecular flexibility index (Phi) is 5.19. The van der Waals surface area contributed by atoms with Crippen molar-refractivity contribution in [2.75, 3.05) is 6.54 Å². The molecule has 8 heteroatoms. The van der Waals surface area contributed by atoms with Crippen LogP contribution in [-0.2, 0) is 10.0 Å². The minimum atomic E-state index is -4.08. The van der Waals surface area contributed by atoms with Crippen molar-refractivity contribution in [1.29, 1.82) is 0 Å². The summed E-state index contributed by atoms with van der Waals surface area (Å²) in [6, 6.07) is 0. The van der Waals surface area contributed by atoms with E-state index in [0.717, 1.165) is 0 Å². The van der Waals surface area contributed by atoms with E-state index in [-0.39, 0.29) is 28.5 Å². The van der Waals surface area contributed by atoms with Crippen molar-refractivity contribution in [2.24, 2.45) is 0 Å². The highest BCUT2D eigenvalue weighted by molar-refractivity contribution is 7.89. The molecule has 0 spiro atoms. The highest BCUT2D eigenvalue weighted by Gasteiger charge is 2.32. The van der Waals surface area contributed by atoms with E-state index >= 15 is 0 Å². The summed E-state index contributed by atoms with van der Waals surface area (Å²) in [6.45, 7) is 6.08. The Hall–Kier alpha value is -1.38. The molecule has 0 aliphatic heterocycles. The number of furan rings is 1. The van der Waals surface area contributed by atoms with Crippen molar-refractivity contribution >= 4 is 16.0 Å². The molecule has 0 aliphatic carbocycles. The van der Waals surface area contributed by atoms with Gasteiger partial charge in [-0.25, -0.2) is 17.9 Å². The second kappa shape index (κ2) is 6.17. The van der Waals surface area contributed by atoms with E-state index in [1.807, 2.05) is 0 Å². The standard InChI is InChI=1S/C13H21NO6S/c1-5-13(17,6-2)7-14-21(18,19)11-9(4)20-8(3)10(11)12(15)16/h14,17H,5-7H2,1-4H3,(H,15,16). The van der Waals surface area contributed by atoms with Crippen molar-refractivity contribution in [3.05, 3.63) is 17.1 Å². The molecular weight excluding hydrogens is 298 g/mol. The van der Waals surface area contributed by atoms with Crippen LogP contribution in [0.15, 0.2) is 9.31 Å². The van der Waals surface area contributed by atoms with Gasteiger partial charge >= 0.3 is 5.97 Å². The van der Waals surface area contributed by atoms with Gasteiger partial charge in [0.2, 0.25) is 10.0 Å². The topological polar surface area (TPSA) is 117 Å². The molecule has 0 radical (unpaired) electrons. The molecule has 0 unspecified atom stereocenters. The van der Waals surface area contributed by atoms with Gasteiger partial charge in [0.25, 0.3) is 0 Å². The lowest BCUT2D eigenvalue weighted by Crippen LogP contribution is -2.42. The molecule has 120 valence electrons. The zero-order valence-corrected chi connectivity index (χ0v) is 13.4. The molecule has 7 nitrogen and oxygen atoms in total. The molecule has 21 heavy (non-hydrogen) atoms. The lowest BCUT2D eigenvalue weighted by molar-refractivity contribution is 0.0377. The van der Waals surface area contributed by atoms with E-state index in [1.54, 1.807) is 13.8 Å². The van der Waals surface area contributed by atoms with Gasteiger partial charge in [0, 0.05) is 6.54 Å². The van der Waals surface area contributed by atoms with Crippen molar-refractivity contribution in [3.63, 3.8) is 0 Å². The molecule has 0 saturated carbocycles. The summed E-state index contributed by atoms with van der Waals surface area (Å²) >= 11 is 0. The predicted molar refractivity (Wildman–Crippen MR) is 75.9 cm³/mol. The number of aryl methyl sites for hydroxylation is 2. The summed E-state index contributed by atoms with van der Waals surface area (Å²) in [5, 5.41) is 19.3. The van der Waals surface area contributed by atoms with Crippen LogP contribution in [0.3, 0.4) is 0 Å². The Morgan fingerprint density at radius 3 is 2.19 bits per heavy atom. The van der Waals surface area contributed by atoms with Gasteiger partial charge in [0.1, 0.15) is 22.0 Å². The van der Waals surface area contributed by atoms with Gasteiger partial charge in [0.05, 0.1) is 5.60 Å². The van der Waals surface area contributed by atoms with Crippen LogP contribution in [-0.4, -0.2) is 36.7 Å². The normalized spacial score (nSPS) is 12.6. The number of carboxylic acid groups (broad SMARTS) is 1. The molecule has 1 aromatic rings. The number of aliphatic hydroxyl groups is 1. The molecule has 1 aromatic heterocycles. The van der Waals surface area contributed by atoms with Crippen molar-refractivity contribution in [3.8, 4) is 0 Å². The fourth-order valence-corrected chi connectivity index (χ4v) is 3.56. The zero-order valence-electron chi connectivity index (χ0n) is 12.6.